The first-order chi connectivity index (χ1) is 10.3. The van der Waals surface area contributed by atoms with Gasteiger partial charge in [-0.15, -0.1) is 0 Å². The largest absolute Gasteiger partial charge is 0.416 e. The minimum absolute atomic E-state index is 0.0136. The first-order valence-corrected chi connectivity index (χ1v) is 6.34. The lowest BCUT2D eigenvalue weighted by atomic mass is 10.1. The molecule has 1 aromatic carbocycles. The third-order valence-electron chi connectivity index (χ3n) is 2.99. The first-order valence-electron chi connectivity index (χ1n) is 6.34. The normalized spacial score (nSPS) is 17.9. The van der Waals surface area contributed by atoms with E-state index < -0.39 is 35.6 Å². The summed E-state index contributed by atoms with van der Waals surface area (Å²) in [6, 6.07) is 2.80. The molecule has 0 unspecified atom stereocenters. The van der Waals surface area contributed by atoms with Crippen LogP contribution in [0.2, 0.25) is 0 Å². The Hall–Kier alpha value is -2.58. The van der Waals surface area contributed by atoms with Crippen molar-refractivity contribution in [3.8, 4) is 0 Å². The van der Waals surface area contributed by atoms with Gasteiger partial charge in [-0.25, -0.2) is 4.79 Å². The number of hydrogen-bond donors (Lipinski definition) is 3. The molecular weight excluding hydrogens is 303 g/mol. The Morgan fingerprint density at radius 2 is 2.00 bits per heavy atom. The zero-order valence-corrected chi connectivity index (χ0v) is 11.2. The Kier molecular flexibility index (Phi) is 4.34. The molecule has 1 aromatic rings. The van der Waals surface area contributed by atoms with Gasteiger partial charge in [-0.3, -0.25) is 14.9 Å². The van der Waals surface area contributed by atoms with E-state index in [1.807, 2.05) is 5.32 Å². The number of carbonyl (C=O) groups is 3. The van der Waals surface area contributed by atoms with Gasteiger partial charge in [-0.05, 0) is 24.6 Å². The fourth-order valence-electron chi connectivity index (χ4n) is 1.93. The predicted molar refractivity (Wildman–Crippen MR) is 69.8 cm³/mol. The number of carbonyl (C=O) groups excluding carboxylic acids is 3. The Morgan fingerprint density at radius 3 is 2.59 bits per heavy atom. The van der Waals surface area contributed by atoms with Gasteiger partial charge in [0.05, 0.1) is 5.56 Å². The molecule has 2 rings (SSSR count). The summed E-state index contributed by atoms with van der Waals surface area (Å²) in [5.74, 6) is -1.08. The van der Waals surface area contributed by atoms with Gasteiger partial charge in [-0.2, -0.15) is 13.2 Å². The summed E-state index contributed by atoms with van der Waals surface area (Å²) < 4.78 is 37.6. The van der Waals surface area contributed by atoms with Crippen LogP contribution < -0.4 is 16.0 Å². The highest BCUT2D eigenvalue weighted by Gasteiger charge is 2.31. The Morgan fingerprint density at radius 1 is 1.27 bits per heavy atom. The van der Waals surface area contributed by atoms with Crippen molar-refractivity contribution in [1.29, 1.82) is 0 Å². The Labute approximate surface area is 123 Å². The van der Waals surface area contributed by atoms with E-state index in [0.29, 0.717) is 0 Å². The fourth-order valence-corrected chi connectivity index (χ4v) is 1.93. The van der Waals surface area contributed by atoms with Gasteiger partial charge in [0.25, 0.3) is 5.91 Å². The minimum Gasteiger partial charge on any atom is -0.326 e. The zero-order valence-electron chi connectivity index (χ0n) is 11.2. The quantitative estimate of drug-likeness (QED) is 0.738. The van der Waals surface area contributed by atoms with E-state index in [4.69, 9.17) is 0 Å². The van der Waals surface area contributed by atoms with Crippen LogP contribution in [0.5, 0.6) is 0 Å². The van der Waals surface area contributed by atoms with E-state index in [2.05, 4.69) is 10.6 Å². The average Bonchev–Trinajstić information content (AvgIpc) is 2.74. The topological polar surface area (TPSA) is 87.3 Å². The number of anilines is 1. The van der Waals surface area contributed by atoms with Crippen LogP contribution >= 0.6 is 0 Å². The van der Waals surface area contributed by atoms with E-state index in [-0.39, 0.29) is 18.5 Å². The maximum absolute atomic E-state index is 12.5. The molecule has 0 radical (unpaired) electrons. The van der Waals surface area contributed by atoms with Crippen molar-refractivity contribution in [3.63, 3.8) is 0 Å². The van der Waals surface area contributed by atoms with Crippen LogP contribution in [0.3, 0.4) is 0 Å². The molecular formula is C13H12F3N3O3. The molecule has 1 atom stereocenters. The van der Waals surface area contributed by atoms with Crippen molar-refractivity contribution in [2.75, 3.05) is 5.32 Å². The summed E-state index contributed by atoms with van der Waals surface area (Å²) in [5, 5.41) is 6.66. The van der Waals surface area contributed by atoms with Crippen molar-refractivity contribution >= 4 is 23.5 Å². The van der Waals surface area contributed by atoms with Gasteiger partial charge in [0.1, 0.15) is 6.04 Å². The standard InChI is InChI=1S/C13H12F3N3O3/c14-13(15,16)7-2-1-3-8(6-7)17-10(20)5-4-9-11(21)19-12(22)18-9/h1-3,6,9H,4-5H2,(H,17,20)(H2,18,19,21,22)/t9-/m1/s1. The highest BCUT2D eigenvalue weighted by atomic mass is 19.4. The third kappa shape index (κ3) is 3.96. The maximum atomic E-state index is 12.5. The molecule has 1 aliphatic heterocycles. The van der Waals surface area contributed by atoms with Crippen LogP contribution in [0.25, 0.3) is 0 Å². The third-order valence-corrected chi connectivity index (χ3v) is 2.99. The lowest BCUT2D eigenvalue weighted by Gasteiger charge is -2.10. The zero-order chi connectivity index (χ0) is 16.3. The van der Waals surface area contributed by atoms with Crippen molar-refractivity contribution in [1.82, 2.24) is 10.6 Å². The highest BCUT2D eigenvalue weighted by molar-refractivity contribution is 6.04. The van der Waals surface area contributed by atoms with Gasteiger partial charge in [0, 0.05) is 12.1 Å². The number of hydrogen-bond acceptors (Lipinski definition) is 3. The van der Waals surface area contributed by atoms with Crippen molar-refractivity contribution < 1.29 is 27.6 Å². The summed E-state index contributed by atoms with van der Waals surface area (Å²) in [5.41, 5.74) is -0.854. The molecule has 0 saturated carbocycles. The maximum Gasteiger partial charge on any atom is 0.416 e. The van der Waals surface area contributed by atoms with E-state index in [1.54, 1.807) is 0 Å². The van der Waals surface area contributed by atoms with Gasteiger partial charge < -0.3 is 10.6 Å². The Bertz CT molecular complexity index is 616. The molecule has 118 valence electrons. The van der Waals surface area contributed by atoms with Gasteiger partial charge in [0.15, 0.2) is 0 Å². The molecule has 0 aliphatic carbocycles. The molecule has 1 fully saturated rings. The number of amides is 4. The van der Waals surface area contributed by atoms with Crippen LogP contribution in [0.1, 0.15) is 18.4 Å². The van der Waals surface area contributed by atoms with E-state index in [0.717, 1.165) is 12.1 Å². The van der Waals surface area contributed by atoms with Crippen molar-refractivity contribution in [2.45, 2.75) is 25.1 Å². The second-order valence-electron chi connectivity index (χ2n) is 4.68. The molecule has 9 heteroatoms. The Balaban J connectivity index is 1.90. The van der Waals surface area contributed by atoms with Crippen LogP contribution in [0.15, 0.2) is 24.3 Å². The number of alkyl halides is 3. The predicted octanol–water partition coefficient (Wildman–Crippen LogP) is 1.63. The first kappa shape index (κ1) is 15.8. The molecule has 22 heavy (non-hydrogen) atoms. The van der Waals surface area contributed by atoms with Crippen molar-refractivity contribution in [2.24, 2.45) is 0 Å². The van der Waals surface area contributed by atoms with Crippen LogP contribution in [0.4, 0.5) is 23.7 Å². The summed E-state index contributed by atoms with van der Waals surface area (Å²) in [7, 11) is 0. The second-order valence-corrected chi connectivity index (χ2v) is 4.68. The van der Waals surface area contributed by atoms with E-state index >= 15 is 0 Å². The number of halogens is 3. The molecule has 1 aliphatic rings. The van der Waals surface area contributed by atoms with Crippen LogP contribution in [0, 0.1) is 0 Å². The second kappa shape index (κ2) is 6.04. The lowest BCUT2D eigenvalue weighted by Crippen LogP contribution is -2.30. The highest BCUT2D eigenvalue weighted by Crippen LogP contribution is 2.30. The van der Waals surface area contributed by atoms with Gasteiger partial charge >= 0.3 is 12.2 Å². The molecule has 0 aromatic heterocycles. The number of urea groups is 1. The molecule has 4 amide bonds. The molecule has 1 heterocycles. The average molecular weight is 315 g/mol. The van der Waals surface area contributed by atoms with Crippen LogP contribution in [-0.4, -0.2) is 23.9 Å². The van der Waals surface area contributed by atoms with Crippen molar-refractivity contribution in [3.05, 3.63) is 29.8 Å². The number of rotatable bonds is 4. The number of nitrogens with one attached hydrogen (secondary N) is 3. The molecule has 3 N–H and O–H groups in total. The van der Waals surface area contributed by atoms with E-state index in [1.165, 1.54) is 12.1 Å². The summed E-state index contributed by atoms with van der Waals surface area (Å²) in [6.07, 6.45) is -4.55. The number of benzene rings is 1. The molecule has 0 spiro atoms. The summed E-state index contributed by atoms with van der Waals surface area (Å²) in [4.78, 5) is 33.8. The monoisotopic (exact) mass is 315 g/mol. The van der Waals surface area contributed by atoms with Gasteiger partial charge in [-0.1, -0.05) is 6.07 Å². The minimum atomic E-state index is -4.49. The van der Waals surface area contributed by atoms with Crippen LogP contribution in [-0.2, 0) is 15.8 Å². The SMILES string of the molecule is O=C(CC[C@H]1NC(=O)NC1=O)Nc1cccc(C(F)(F)F)c1. The van der Waals surface area contributed by atoms with E-state index in [9.17, 15) is 27.6 Å². The number of imide groups is 1. The fraction of sp³-hybridized carbons (Fsp3) is 0.308. The molecule has 1 saturated heterocycles. The smallest absolute Gasteiger partial charge is 0.326 e. The summed E-state index contributed by atoms with van der Waals surface area (Å²) >= 11 is 0. The lowest BCUT2D eigenvalue weighted by molar-refractivity contribution is -0.137. The molecule has 0 bridgehead atoms. The molecule has 6 nitrogen and oxygen atoms in total. The van der Waals surface area contributed by atoms with Gasteiger partial charge in [0.2, 0.25) is 5.91 Å². The summed E-state index contributed by atoms with van der Waals surface area (Å²) in [6.45, 7) is 0.